The first-order valence-electron chi connectivity index (χ1n) is 5.79. The van der Waals surface area contributed by atoms with Gasteiger partial charge in [0.2, 0.25) is 5.91 Å². The first-order valence-corrected chi connectivity index (χ1v) is 5.79. The zero-order chi connectivity index (χ0) is 13.1. The molecule has 0 N–H and O–H groups in total. The highest BCUT2D eigenvalue weighted by Crippen LogP contribution is 2.26. The van der Waals surface area contributed by atoms with Gasteiger partial charge in [-0.2, -0.15) is 0 Å². The molecule has 0 aromatic heterocycles. The van der Waals surface area contributed by atoms with Crippen LogP contribution in [0.15, 0.2) is 24.3 Å². The Morgan fingerprint density at radius 3 is 2.94 bits per heavy atom. The Morgan fingerprint density at radius 2 is 2.28 bits per heavy atom. The van der Waals surface area contributed by atoms with Crippen LogP contribution in [-0.2, 0) is 14.3 Å². The van der Waals surface area contributed by atoms with Crippen LogP contribution in [0.5, 0.6) is 0 Å². The van der Waals surface area contributed by atoms with E-state index < -0.39 is 17.8 Å². The Labute approximate surface area is 104 Å². The van der Waals surface area contributed by atoms with Crippen LogP contribution in [0, 0.1) is 5.82 Å². The number of hydrogen-bond donors (Lipinski definition) is 0. The standard InChI is InChI=1S/C13H14FNO3/c1-18-13(17)11-6-3-7-12(16)15(11)10-5-2-4-9(14)8-10/h2,4-5,8,11H,3,6-7H2,1H3. The molecular weight excluding hydrogens is 237 g/mol. The van der Waals surface area contributed by atoms with Crippen molar-refractivity contribution in [2.24, 2.45) is 0 Å². The molecule has 1 unspecified atom stereocenters. The fraction of sp³-hybridized carbons (Fsp3) is 0.385. The molecule has 1 saturated heterocycles. The summed E-state index contributed by atoms with van der Waals surface area (Å²) in [6.45, 7) is 0. The molecule has 4 nitrogen and oxygen atoms in total. The van der Waals surface area contributed by atoms with Crippen molar-refractivity contribution in [3.63, 3.8) is 0 Å². The maximum atomic E-state index is 13.2. The lowest BCUT2D eigenvalue weighted by molar-refractivity contribution is -0.144. The average Bonchev–Trinajstić information content (AvgIpc) is 2.37. The molecule has 1 heterocycles. The summed E-state index contributed by atoms with van der Waals surface area (Å²) >= 11 is 0. The van der Waals surface area contributed by atoms with Gasteiger partial charge in [0.15, 0.2) is 0 Å². The Hall–Kier alpha value is -1.91. The van der Waals surface area contributed by atoms with Crippen LogP contribution in [0.25, 0.3) is 0 Å². The lowest BCUT2D eigenvalue weighted by Gasteiger charge is -2.33. The number of benzene rings is 1. The maximum absolute atomic E-state index is 13.2. The third-order valence-corrected chi connectivity index (χ3v) is 3.01. The molecule has 1 fully saturated rings. The van der Waals surface area contributed by atoms with E-state index in [9.17, 15) is 14.0 Å². The topological polar surface area (TPSA) is 46.6 Å². The summed E-state index contributed by atoms with van der Waals surface area (Å²) in [6.07, 6.45) is 1.54. The van der Waals surface area contributed by atoms with Gasteiger partial charge in [-0.3, -0.25) is 9.69 Å². The Morgan fingerprint density at radius 1 is 1.50 bits per heavy atom. The molecular formula is C13H14FNO3. The summed E-state index contributed by atoms with van der Waals surface area (Å²) in [5, 5.41) is 0. The van der Waals surface area contributed by atoms with Crippen LogP contribution in [0.2, 0.25) is 0 Å². The number of rotatable bonds is 2. The van der Waals surface area contributed by atoms with Gasteiger partial charge in [0.05, 0.1) is 7.11 Å². The molecule has 0 spiro atoms. The van der Waals surface area contributed by atoms with E-state index in [0.29, 0.717) is 24.9 Å². The molecule has 5 heteroatoms. The predicted molar refractivity (Wildman–Crippen MR) is 63.5 cm³/mol. The van der Waals surface area contributed by atoms with Crippen molar-refractivity contribution >= 4 is 17.6 Å². The molecule has 2 rings (SSSR count). The highest BCUT2D eigenvalue weighted by atomic mass is 19.1. The van der Waals surface area contributed by atoms with Gasteiger partial charge in [0.25, 0.3) is 0 Å². The smallest absolute Gasteiger partial charge is 0.328 e. The molecule has 1 aromatic rings. The number of piperidine rings is 1. The van der Waals surface area contributed by atoms with E-state index in [1.54, 1.807) is 6.07 Å². The number of carbonyl (C=O) groups is 2. The van der Waals surface area contributed by atoms with Gasteiger partial charge in [0, 0.05) is 12.1 Å². The van der Waals surface area contributed by atoms with Crippen molar-refractivity contribution in [2.45, 2.75) is 25.3 Å². The van der Waals surface area contributed by atoms with Gasteiger partial charge < -0.3 is 4.74 Å². The molecule has 18 heavy (non-hydrogen) atoms. The number of esters is 1. The van der Waals surface area contributed by atoms with Crippen LogP contribution < -0.4 is 4.90 Å². The molecule has 96 valence electrons. The molecule has 1 amide bonds. The van der Waals surface area contributed by atoms with E-state index in [2.05, 4.69) is 0 Å². The second-order valence-electron chi connectivity index (χ2n) is 4.17. The Balaban J connectivity index is 2.36. The average molecular weight is 251 g/mol. The third-order valence-electron chi connectivity index (χ3n) is 3.01. The number of methoxy groups -OCH3 is 1. The maximum Gasteiger partial charge on any atom is 0.328 e. The van der Waals surface area contributed by atoms with Crippen LogP contribution >= 0.6 is 0 Å². The minimum Gasteiger partial charge on any atom is -0.467 e. The number of anilines is 1. The minimum atomic E-state index is -0.655. The van der Waals surface area contributed by atoms with Gasteiger partial charge in [-0.15, -0.1) is 0 Å². The van der Waals surface area contributed by atoms with E-state index in [1.807, 2.05) is 0 Å². The van der Waals surface area contributed by atoms with Gasteiger partial charge in [-0.25, -0.2) is 9.18 Å². The van der Waals surface area contributed by atoms with Crippen molar-refractivity contribution in [3.05, 3.63) is 30.1 Å². The molecule has 1 atom stereocenters. The van der Waals surface area contributed by atoms with Crippen molar-refractivity contribution < 1.29 is 18.7 Å². The van der Waals surface area contributed by atoms with Gasteiger partial charge in [0.1, 0.15) is 11.9 Å². The molecule has 0 radical (unpaired) electrons. The molecule has 1 aromatic carbocycles. The SMILES string of the molecule is COC(=O)C1CCCC(=O)N1c1cccc(F)c1. The second kappa shape index (κ2) is 5.16. The van der Waals surface area contributed by atoms with E-state index in [4.69, 9.17) is 4.74 Å². The normalized spacial score (nSPS) is 19.8. The van der Waals surface area contributed by atoms with Crippen molar-refractivity contribution in [1.29, 1.82) is 0 Å². The van der Waals surface area contributed by atoms with Gasteiger partial charge >= 0.3 is 5.97 Å². The summed E-state index contributed by atoms with van der Waals surface area (Å²) in [5.41, 5.74) is 0.398. The van der Waals surface area contributed by atoms with Gasteiger partial charge in [-0.05, 0) is 31.0 Å². The highest BCUT2D eigenvalue weighted by molar-refractivity contribution is 6.00. The van der Waals surface area contributed by atoms with E-state index in [1.165, 1.54) is 30.2 Å². The number of ether oxygens (including phenoxy) is 1. The summed E-state index contributed by atoms with van der Waals surface area (Å²) < 4.78 is 17.9. The number of carbonyl (C=O) groups excluding carboxylic acids is 2. The van der Waals surface area contributed by atoms with E-state index in [-0.39, 0.29) is 5.91 Å². The van der Waals surface area contributed by atoms with Crippen LogP contribution in [0.1, 0.15) is 19.3 Å². The van der Waals surface area contributed by atoms with Gasteiger partial charge in [-0.1, -0.05) is 6.07 Å². The van der Waals surface area contributed by atoms with Crippen molar-refractivity contribution in [3.8, 4) is 0 Å². The number of amides is 1. The Bertz CT molecular complexity index is 475. The quantitative estimate of drug-likeness (QED) is 0.754. The molecule has 0 aliphatic carbocycles. The first-order chi connectivity index (χ1) is 8.63. The molecule has 0 saturated carbocycles. The fourth-order valence-corrected chi connectivity index (χ4v) is 2.18. The van der Waals surface area contributed by atoms with E-state index >= 15 is 0 Å². The zero-order valence-electron chi connectivity index (χ0n) is 10.1. The summed E-state index contributed by atoms with van der Waals surface area (Å²) in [6, 6.07) is 5.02. The lowest BCUT2D eigenvalue weighted by atomic mass is 10.0. The predicted octanol–water partition coefficient (Wildman–Crippen LogP) is 1.88. The third kappa shape index (κ3) is 2.34. The second-order valence-corrected chi connectivity index (χ2v) is 4.17. The van der Waals surface area contributed by atoms with Crippen molar-refractivity contribution in [2.75, 3.05) is 12.0 Å². The number of halogens is 1. The summed E-state index contributed by atoms with van der Waals surface area (Å²) in [4.78, 5) is 24.9. The zero-order valence-corrected chi connectivity index (χ0v) is 10.1. The van der Waals surface area contributed by atoms with E-state index in [0.717, 1.165) is 0 Å². The van der Waals surface area contributed by atoms with Crippen LogP contribution in [0.3, 0.4) is 0 Å². The highest BCUT2D eigenvalue weighted by Gasteiger charge is 2.35. The fourth-order valence-electron chi connectivity index (χ4n) is 2.18. The van der Waals surface area contributed by atoms with Crippen LogP contribution in [-0.4, -0.2) is 25.0 Å². The lowest BCUT2D eigenvalue weighted by Crippen LogP contribution is -2.48. The minimum absolute atomic E-state index is 0.178. The van der Waals surface area contributed by atoms with Crippen LogP contribution in [0.4, 0.5) is 10.1 Å². The summed E-state index contributed by atoms with van der Waals surface area (Å²) in [7, 11) is 1.28. The summed E-state index contributed by atoms with van der Waals surface area (Å²) in [5.74, 6) is -1.08. The molecule has 1 aliphatic rings. The molecule has 1 aliphatic heterocycles. The van der Waals surface area contributed by atoms with Crippen molar-refractivity contribution in [1.82, 2.24) is 0 Å². The monoisotopic (exact) mass is 251 g/mol. The number of hydrogen-bond acceptors (Lipinski definition) is 3. The first kappa shape index (κ1) is 12.5. The Kier molecular flexibility index (Phi) is 3.60. The molecule has 0 bridgehead atoms. The largest absolute Gasteiger partial charge is 0.467 e. The number of nitrogens with zero attached hydrogens (tertiary/aromatic N) is 1.